The molecule has 2 heterocycles. The summed E-state index contributed by atoms with van der Waals surface area (Å²) in [6, 6.07) is 7.83. The zero-order chi connectivity index (χ0) is 23.0. The van der Waals surface area contributed by atoms with Crippen molar-refractivity contribution in [3.63, 3.8) is 0 Å². The van der Waals surface area contributed by atoms with Crippen LogP contribution in [0.15, 0.2) is 37.7 Å². The molecule has 5 rings (SSSR count). The van der Waals surface area contributed by atoms with E-state index in [2.05, 4.69) is 66.6 Å². The van der Waals surface area contributed by atoms with Crippen molar-refractivity contribution in [2.24, 2.45) is 0 Å². The van der Waals surface area contributed by atoms with Gasteiger partial charge in [-0.3, -0.25) is 4.79 Å². The second kappa shape index (κ2) is 7.67. The molecule has 1 saturated heterocycles. The minimum atomic E-state index is -0.603. The molecule has 1 aliphatic heterocycles. The number of fused-ring (bicyclic) bond motifs is 4. The van der Waals surface area contributed by atoms with Gasteiger partial charge < -0.3 is 19.2 Å². The molecule has 1 N–H and O–H groups in total. The van der Waals surface area contributed by atoms with Gasteiger partial charge >= 0.3 is 0 Å². The Morgan fingerprint density at radius 1 is 1.16 bits per heavy atom. The van der Waals surface area contributed by atoms with Gasteiger partial charge in [0.05, 0.1) is 21.1 Å². The predicted molar refractivity (Wildman–Crippen MR) is 134 cm³/mol. The van der Waals surface area contributed by atoms with E-state index in [-0.39, 0.29) is 11.9 Å². The summed E-state index contributed by atoms with van der Waals surface area (Å²) in [5.74, 6) is 0.0543. The molecule has 0 radical (unpaired) electrons. The average Bonchev–Trinajstić information content (AvgIpc) is 3.25. The molecular weight excluding hydrogens is 606 g/mol. The fourth-order valence-corrected chi connectivity index (χ4v) is 6.88. The molecule has 0 bridgehead atoms. The lowest BCUT2D eigenvalue weighted by atomic mass is 9.71. The summed E-state index contributed by atoms with van der Waals surface area (Å²) >= 11 is 10.9. The smallest absolute Gasteiger partial charge is 0.195 e. The minimum absolute atomic E-state index is 0.00474. The highest BCUT2D eigenvalue weighted by atomic mass is 79.9. The third-order valence-corrected chi connectivity index (χ3v) is 7.98. The topological polar surface area (TPSA) is 60.5 Å². The number of carbonyl (C=O) groups excluding carboxylic acids is 1. The van der Waals surface area contributed by atoms with Gasteiger partial charge in [0, 0.05) is 32.0 Å². The molecule has 1 aromatic heterocycles. The highest BCUT2D eigenvalue weighted by Crippen LogP contribution is 2.51. The number of aromatic amines is 1. The van der Waals surface area contributed by atoms with Gasteiger partial charge in [-0.1, -0.05) is 35.8 Å². The van der Waals surface area contributed by atoms with E-state index in [1.807, 2.05) is 38.1 Å². The summed E-state index contributed by atoms with van der Waals surface area (Å²) in [6.45, 7) is 8.86. The van der Waals surface area contributed by atoms with Gasteiger partial charge in [0.1, 0.15) is 18.5 Å². The maximum Gasteiger partial charge on any atom is 0.195 e. The molecular formula is C24H22Br3NO4. The quantitative estimate of drug-likeness (QED) is 0.345. The van der Waals surface area contributed by atoms with Crippen LogP contribution in [0.3, 0.4) is 0 Å². The summed E-state index contributed by atoms with van der Waals surface area (Å²) in [6.07, 6.45) is -0.159. The van der Waals surface area contributed by atoms with Gasteiger partial charge in [0.15, 0.2) is 11.6 Å². The van der Waals surface area contributed by atoms with E-state index in [1.54, 1.807) is 0 Å². The third kappa shape index (κ3) is 3.50. The molecule has 1 fully saturated rings. The number of carbonyl (C=O) groups is 1. The largest absolute Gasteiger partial charge is 0.488 e. The van der Waals surface area contributed by atoms with E-state index >= 15 is 0 Å². The van der Waals surface area contributed by atoms with Gasteiger partial charge in [-0.25, -0.2) is 0 Å². The van der Waals surface area contributed by atoms with Crippen LogP contribution in [0.1, 0.15) is 54.9 Å². The second-order valence-corrected chi connectivity index (χ2v) is 11.8. The molecule has 1 unspecified atom stereocenters. The van der Waals surface area contributed by atoms with Gasteiger partial charge in [0.25, 0.3) is 0 Å². The molecule has 0 spiro atoms. The number of ketones is 1. The van der Waals surface area contributed by atoms with Crippen molar-refractivity contribution in [1.29, 1.82) is 0 Å². The van der Waals surface area contributed by atoms with E-state index in [1.165, 1.54) is 0 Å². The van der Waals surface area contributed by atoms with E-state index in [9.17, 15) is 4.79 Å². The molecule has 5 nitrogen and oxygen atoms in total. The maximum atomic E-state index is 13.7. The first-order valence-electron chi connectivity index (χ1n) is 10.3. The number of halogens is 3. The number of hydrogen-bond donors (Lipinski definition) is 1. The highest BCUT2D eigenvalue weighted by Gasteiger charge is 2.42. The lowest BCUT2D eigenvalue weighted by molar-refractivity contribution is -0.141. The number of rotatable bonds is 3. The van der Waals surface area contributed by atoms with Crippen LogP contribution in [-0.4, -0.2) is 35.9 Å². The molecule has 8 heteroatoms. The Bertz CT molecular complexity index is 1280. The van der Waals surface area contributed by atoms with Crippen molar-refractivity contribution in [2.45, 2.75) is 45.0 Å². The minimum Gasteiger partial charge on any atom is -0.488 e. The van der Waals surface area contributed by atoms with Crippen molar-refractivity contribution in [3.8, 4) is 5.75 Å². The summed E-state index contributed by atoms with van der Waals surface area (Å²) in [4.78, 5) is 17.2. The summed E-state index contributed by atoms with van der Waals surface area (Å²) in [7, 11) is 0. The van der Waals surface area contributed by atoms with Gasteiger partial charge in [-0.05, 0) is 69.5 Å². The Morgan fingerprint density at radius 3 is 2.59 bits per heavy atom. The normalized spacial score (nSPS) is 21.0. The zero-order valence-corrected chi connectivity index (χ0v) is 22.8. The number of H-pyrrole nitrogens is 1. The van der Waals surface area contributed by atoms with Crippen LogP contribution in [0.2, 0.25) is 0 Å². The number of hydrogen-bond acceptors (Lipinski definition) is 4. The van der Waals surface area contributed by atoms with Gasteiger partial charge in [-0.2, -0.15) is 0 Å². The molecule has 1 aliphatic carbocycles. The van der Waals surface area contributed by atoms with Crippen LogP contribution in [0, 0.1) is 0 Å². The SMILES string of the molecule is CC1(C)OCC(COc2c(Br)cc3c(c2Br)C(C)(C)c2[nH]c4cc(Br)ccc4c2C3=O)O1. The van der Waals surface area contributed by atoms with Crippen molar-refractivity contribution in [3.05, 3.63) is 60.1 Å². The summed E-state index contributed by atoms with van der Waals surface area (Å²) in [5, 5.41) is 0.931. The number of ether oxygens (including phenoxy) is 3. The Kier molecular flexibility index (Phi) is 5.41. The average molecular weight is 628 g/mol. The molecule has 2 aliphatic rings. The van der Waals surface area contributed by atoms with E-state index < -0.39 is 11.2 Å². The summed E-state index contributed by atoms with van der Waals surface area (Å²) < 4.78 is 20.1. The number of aromatic nitrogens is 1. The van der Waals surface area contributed by atoms with Crippen molar-refractivity contribution in [1.82, 2.24) is 4.98 Å². The van der Waals surface area contributed by atoms with Crippen molar-refractivity contribution < 1.29 is 19.0 Å². The molecule has 168 valence electrons. The third-order valence-electron chi connectivity index (χ3n) is 6.14. The van der Waals surface area contributed by atoms with E-state index in [4.69, 9.17) is 14.2 Å². The first kappa shape index (κ1) is 22.6. The Balaban J connectivity index is 1.59. The Morgan fingerprint density at radius 2 is 1.91 bits per heavy atom. The predicted octanol–water partition coefficient (Wildman–Crippen LogP) is 6.86. The van der Waals surface area contributed by atoms with E-state index in [0.717, 1.165) is 41.1 Å². The van der Waals surface area contributed by atoms with Crippen LogP contribution in [0.5, 0.6) is 5.75 Å². The Labute approximate surface area is 211 Å². The highest BCUT2D eigenvalue weighted by molar-refractivity contribution is 9.11. The standard InChI is InChI=1S/C24H22Br3NO4/c1-23(2)18-14(20(29)17-13-6-5-11(25)7-16(13)28-22(17)23)8-15(26)21(19(18)27)30-9-12-10-31-24(3,4)32-12/h5-8,12,28H,9-10H2,1-4H3. The Hall–Kier alpha value is -1.19. The van der Waals surface area contributed by atoms with Crippen LogP contribution in [0.25, 0.3) is 10.9 Å². The van der Waals surface area contributed by atoms with Gasteiger partial charge in [-0.15, -0.1) is 0 Å². The fraction of sp³-hybridized carbons (Fsp3) is 0.375. The fourth-order valence-electron chi connectivity index (χ4n) is 4.68. The molecule has 1 atom stereocenters. The summed E-state index contributed by atoms with van der Waals surface area (Å²) in [5.41, 5.74) is 3.70. The lowest BCUT2D eigenvalue weighted by Crippen LogP contribution is -2.31. The van der Waals surface area contributed by atoms with Crippen LogP contribution in [0.4, 0.5) is 0 Å². The number of benzene rings is 2. The number of nitrogens with one attached hydrogen (secondary N) is 1. The lowest BCUT2D eigenvalue weighted by Gasteiger charge is -2.34. The van der Waals surface area contributed by atoms with Crippen LogP contribution >= 0.6 is 47.8 Å². The molecule has 2 aromatic carbocycles. The molecule has 3 aromatic rings. The molecule has 32 heavy (non-hydrogen) atoms. The second-order valence-electron chi connectivity index (χ2n) is 9.20. The first-order valence-corrected chi connectivity index (χ1v) is 12.7. The van der Waals surface area contributed by atoms with Crippen LogP contribution in [-0.2, 0) is 14.9 Å². The van der Waals surface area contributed by atoms with E-state index in [0.29, 0.717) is 24.5 Å². The van der Waals surface area contributed by atoms with Gasteiger partial charge in [0.2, 0.25) is 0 Å². The molecule has 0 amide bonds. The van der Waals surface area contributed by atoms with Crippen LogP contribution < -0.4 is 4.74 Å². The van der Waals surface area contributed by atoms with Crippen molar-refractivity contribution >= 4 is 64.5 Å². The molecule has 0 saturated carbocycles. The maximum absolute atomic E-state index is 13.7. The first-order chi connectivity index (χ1) is 15.0. The monoisotopic (exact) mass is 625 g/mol. The van der Waals surface area contributed by atoms with Crippen molar-refractivity contribution in [2.75, 3.05) is 13.2 Å². The zero-order valence-electron chi connectivity index (χ0n) is 18.1.